The number of nitrogens with one attached hydrogen (secondary N) is 1. The summed E-state index contributed by atoms with van der Waals surface area (Å²) < 4.78 is 28.1. The number of amides is 2. The van der Waals surface area contributed by atoms with Gasteiger partial charge in [-0.3, -0.25) is 13.9 Å². The average Bonchev–Trinajstić information content (AvgIpc) is 3.19. The number of sulfonamides is 1. The Balaban J connectivity index is 1.39. The molecule has 4 aromatic carbocycles. The Bertz CT molecular complexity index is 1710. The van der Waals surface area contributed by atoms with Crippen LogP contribution in [0.25, 0.3) is 10.8 Å². The molecule has 0 fully saturated rings. The molecule has 0 aliphatic carbocycles. The molecule has 1 aliphatic heterocycles. The van der Waals surface area contributed by atoms with Crippen molar-refractivity contribution in [2.75, 3.05) is 17.9 Å². The van der Waals surface area contributed by atoms with E-state index in [0.717, 1.165) is 16.5 Å². The van der Waals surface area contributed by atoms with Gasteiger partial charge in [0.15, 0.2) is 0 Å². The van der Waals surface area contributed by atoms with Gasteiger partial charge in [0.25, 0.3) is 10.0 Å². The molecule has 1 N–H and O–H groups in total. The molecule has 5 rings (SSSR count). The van der Waals surface area contributed by atoms with Crippen molar-refractivity contribution in [1.82, 2.24) is 10.2 Å². The van der Waals surface area contributed by atoms with E-state index in [-0.39, 0.29) is 42.6 Å². The summed E-state index contributed by atoms with van der Waals surface area (Å²) in [5.41, 5.74) is 2.24. The molecular formula is C31H29Cl2N3O4S. The van der Waals surface area contributed by atoms with Gasteiger partial charge in [-0.25, -0.2) is 8.42 Å². The second kappa shape index (κ2) is 12.1. The molecule has 212 valence electrons. The summed E-state index contributed by atoms with van der Waals surface area (Å²) in [4.78, 5) is 28.8. The highest BCUT2D eigenvalue weighted by atomic mass is 35.5. The highest BCUT2D eigenvalue weighted by molar-refractivity contribution is 7.93. The summed E-state index contributed by atoms with van der Waals surface area (Å²) in [5, 5.41) is 4.99. The Hall–Kier alpha value is -3.59. The second-order valence-electron chi connectivity index (χ2n) is 9.90. The van der Waals surface area contributed by atoms with Crippen LogP contribution in [0.1, 0.15) is 24.0 Å². The Morgan fingerprint density at radius 1 is 0.902 bits per heavy atom. The average molecular weight is 611 g/mol. The largest absolute Gasteiger partial charge is 0.357 e. The molecule has 0 saturated heterocycles. The molecule has 1 aliphatic rings. The van der Waals surface area contributed by atoms with Gasteiger partial charge >= 0.3 is 0 Å². The highest BCUT2D eigenvalue weighted by Crippen LogP contribution is 2.42. The molecule has 0 bridgehead atoms. The number of nitrogens with zero attached hydrogens (tertiary/aromatic N) is 2. The standard InChI is InChI=1S/C31H29Cl2N3O4S/c1-34-31(38)27(19-21-8-3-2-4-9-21)35(20-22-15-16-24(32)25(33)18-22)29(37)14-7-17-36-26-12-5-10-23-11-6-13-28(30(23)26)41(36,39)40/h2-6,8-13,15-16,18,27H,7,14,17,19-20H2,1H3,(H,34,38)/t27-/m0/s1. The van der Waals surface area contributed by atoms with Gasteiger partial charge in [-0.1, -0.05) is 83.9 Å². The third-order valence-electron chi connectivity index (χ3n) is 7.29. The molecule has 10 heteroatoms. The first-order chi connectivity index (χ1) is 19.7. The molecule has 0 saturated carbocycles. The zero-order valence-corrected chi connectivity index (χ0v) is 24.7. The summed E-state index contributed by atoms with van der Waals surface area (Å²) in [6.45, 7) is 0.263. The molecule has 0 unspecified atom stereocenters. The number of benzene rings is 4. The lowest BCUT2D eigenvalue weighted by atomic mass is 10.0. The highest BCUT2D eigenvalue weighted by Gasteiger charge is 2.36. The first kappa shape index (κ1) is 28.9. The van der Waals surface area contributed by atoms with E-state index < -0.39 is 16.1 Å². The zero-order chi connectivity index (χ0) is 29.1. The predicted molar refractivity (Wildman–Crippen MR) is 163 cm³/mol. The van der Waals surface area contributed by atoms with E-state index in [1.54, 1.807) is 48.3 Å². The van der Waals surface area contributed by atoms with Crippen molar-refractivity contribution in [2.45, 2.75) is 36.7 Å². The quantitative estimate of drug-likeness (QED) is 0.245. The smallest absolute Gasteiger partial charge is 0.265 e. The number of carbonyl (C=O) groups is 2. The number of hydrogen-bond donors (Lipinski definition) is 1. The van der Waals surface area contributed by atoms with Crippen molar-refractivity contribution in [3.05, 3.63) is 106 Å². The van der Waals surface area contributed by atoms with Gasteiger partial charge in [-0.15, -0.1) is 0 Å². The molecule has 1 heterocycles. The third-order valence-corrected chi connectivity index (χ3v) is 9.88. The maximum absolute atomic E-state index is 13.8. The lowest BCUT2D eigenvalue weighted by molar-refractivity contribution is -0.141. The van der Waals surface area contributed by atoms with Gasteiger partial charge in [0.2, 0.25) is 11.8 Å². The number of rotatable bonds is 10. The molecule has 41 heavy (non-hydrogen) atoms. The van der Waals surface area contributed by atoms with Gasteiger partial charge in [0.05, 0.1) is 20.6 Å². The molecule has 0 aromatic heterocycles. The van der Waals surface area contributed by atoms with Crippen molar-refractivity contribution in [3.63, 3.8) is 0 Å². The van der Waals surface area contributed by atoms with E-state index >= 15 is 0 Å². The number of likely N-dealkylation sites (N-methyl/N-ethyl adjacent to an activating group) is 1. The van der Waals surface area contributed by atoms with Crippen LogP contribution in [0, 0.1) is 0 Å². The Labute approximate surface area is 249 Å². The van der Waals surface area contributed by atoms with Crippen molar-refractivity contribution >= 4 is 61.5 Å². The summed E-state index contributed by atoms with van der Waals surface area (Å²) in [5.74, 6) is -0.570. The topological polar surface area (TPSA) is 86.8 Å². The zero-order valence-electron chi connectivity index (χ0n) is 22.4. The maximum atomic E-state index is 13.8. The molecule has 7 nitrogen and oxygen atoms in total. The fourth-order valence-corrected chi connectivity index (χ4v) is 7.34. The Morgan fingerprint density at radius 3 is 2.34 bits per heavy atom. The van der Waals surface area contributed by atoms with E-state index in [2.05, 4.69) is 5.32 Å². The van der Waals surface area contributed by atoms with Crippen LogP contribution in [-0.2, 0) is 32.6 Å². The molecule has 2 amide bonds. The van der Waals surface area contributed by atoms with Crippen LogP contribution in [0.4, 0.5) is 5.69 Å². The van der Waals surface area contributed by atoms with Crippen LogP contribution in [0.15, 0.2) is 89.8 Å². The molecule has 1 atom stereocenters. The summed E-state index contributed by atoms with van der Waals surface area (Å²) in [6.07, 6.45) is 0.624. The number of hydrogen-bond acceptors (Lipinski definition) is 4. The van der Waals surface area contributed by atoms with Crippen LogP contribution in [0.2, 0.25) is 10.0 Å². The van der Waals surface area contributed by atoms with Gasteiger partial charge in [-0.05, 0) is 47.2 Å². The van der Waals surface area contributed by atoms with E-state index in [0.29, 0.717) is 27.5 Å². The monoisotopic (exact) mass is 609 g/mol. The lowest BCUT2D eigenvalue weighted by Gasteiger charge is -2.31. The summed E-state index contributed by atoms with van der Waals surface area (Å²) >= 11 is 12.4. The predicted octanol–water partition coefficient (Wildman–Crippen LogP) is 5.82. The number of carbonyl (C=O) groups excluding carboxylic acids is 2. The van der Waals surface area contributed by atoms with E-state index in [1.165, 1.54) is 4.31 Å². The SMILES string of the molecule is CNC(=O)[C@H](Cc1ccccc1)N(Cc1ccc(Cl)c(Cl)c1)C(=O)CCCN1c2cccc3cccc(c23)S1(=O)=O. The van der Waals surface area contributed by atoms with E-state index in [9.17, 15) is 18.0 Å². The van der Waals surface area contributed by atoms with Crippen LogP contribution in [0.3, 0.4) is 0 Å². The fourth-order valence-electron chi connectivity index (χ4n) is 5.27. The Kier molecular flexibility index (Phi) is 8.54. The summed E-state index contributed by atoms with van der Waals surface area (Å²) in [6, 6.07) is 24.5. The summed E-state index contributed by atoms with van der Waals surface area (Å²) in [7, 11) is -2.19. The van der Waals surface area contributed by atoms with Crippen LogP contribution in [0.5, 0.6) is 0 Å². The minimum Gasteiger partial charge on any atom is -0.357 e. The van der Waals surface area contributed by atoms with Crippen molar-refractivity contribution in [3.8, 4) is 0 Å². The second-order valence-corrected chi connectivity index (χ2v) is 12.5. The minimum atomic E-state index is -3.73. The van der Waals surface area contributed by atoms with Crippen molar-refractivity contribution < 1.29 is 18.0 Å². The number of anilines is 1. The normalized spacial score (nSPS) is 14.2. The fraction of sp³-hybridized carbons (Fsp3) is 0.226. The van der Waals surface area contributed by atoms with E-state index in [4.69, 9.17) is 23.2 Å². The third kappa shape index (κ3) is 5.91. The first-order valence-corrected chi connectivity index (χ1v) is 15.4. The van der Waals surface area contributed by atoms with Crippen molar-refractivity contribution in [1.29, 1.82) is 0 Å². The Morgan fingerprint density at radius 2 is 1.63 bits per heavy atom. The number of halogens is 2. The molecular weight excluding hydrogens is 581 g/mol. The van der Waals surface area contributed by atoms with Gasteiger partial charge in [-0.2, -0.15) is 0 Å². The van der Waals surface area contributed by atoms with E-state index in [1.807, 2.05) is 48.5 Å². The maximum Gasteiger partial charge on any atom is 0.265 e. The first-order valence-electron chi connectivity index (χ1n) is 13.2. The van der Waals surface area contributed by atoms with Crippen LogP contribution >= 0.6 is 23.2 Å². The van der Waals surface area contributed by atoms with Crippen LogP contribution < -0.4 is 9.62 Å². The lowest BCUT2D eigenvalue weighted by Crippen LogP contribution is -2.49. The molecule has 4 aromatic rings. The van der Waals surface area contributed by atoms with Gasteiger partial charge < -0.3 is 10.2 Å². The molecule has 0 radical (unpaired) electrons. The van der Waals surface area contributed by atoms with Gasteiger partial charge in [0, 0.05) is 38.4 Å². The van der Waals surface area contributed by atoms with Crippen molar-refractivity contribution in [2.24, 2.45) is 0 Å². The van der Waals surface area contributed by atoms with Crippen LogP contribution in [-0.4, -0.2) is 44.8 Å². The van der Waals surface area contributed by atoms with Gasteiger partial charge in [0.1, 0.15) is 6.04 Å². The molecule has 0 spiro atoms. The minimum absolute atomic E-state index is 0.0436.